The van der Waals surface area contributed by atoms with Crippen LogP contribution in [0, 0.1) is 0 Å². The number of hydrogen-bond donors (Lipinski definition) is 2. The van der Waals surface area contributed by atoms with Crippen LogP contribution in [0.5, 0.6) is 17.2 Å². The first-order valence-corrected chi connectivity index (χ1v) is 8.45. The number of nitrogens with zero attached hydrogens (tertiary/aromatic N) is 1. The Morgan fingerprint density at radius 1 is 0.893 bits per heavy atom. The Morgan fingerprint density at radius 2 is 1.46 bits per heavy atom. The van der Waals surface area contributed by atoms with Gasteiger partial charge in [0.05, 0.1) is 27.8 Å². The van der Waals surface area contributed by atoms with E-state index in [-0.39, 0.29) is 12.3 Å². The van der Waals surface area contributed by atoms with Crippen molar-refractivity contribution in [2.75, 3.05) is 26.6 Å². The third kappa shape index (κ3) is 6.01. The largest absolute Gasteiger partial charge is 0.497 e. The molecule has 0 aliphatic carbocycles. The van der Waals surface area contributed by atoms with Gasteiger partial charge in [-0.3, -0.25) is 9.59 Å². The second-order valence-corrected chi connectivity index (χ2v) is 5.84. The summed E-state index contributed by atoms with van der Waals surface area (Å²) >= 11 is 0. The van der Waals surface area contributed by atoms with Crippen LogP contribution in [0.2, 0.25) is 0 Å². The summed E-state index contributed by atoms with van der Waals surface area (Å²) in [7, 11) is 4.57. The van der Waals surface area contributed by atoms with Crippen LogP contribution in [0.4, 0.5) is 5.69 Å². The molecule has 0 aliphatic rings. The lowest BCUT2D eigenvalue weighted by Crippen LogP contribution is -2.21. The van der Waals surface area contributed by atoms with Gasteiger partial charge in [-0.25, -0.2) is 5.43 Å². The van der Waals surface area contributed by atoms with Crippen molar-refractivity contribution < 1.29 is 23.8 Å². The van der Waals surface area contributed by atoms with Crippen molar-refractivity contribution in [3.63, 3.8) is 0 Å². The summed E-state index contributed by atoms with van der Waals surface area (Å²) in [6, 6.07) is 11.8. The van der Waals surface area contributed by atoms with Gasteiger partial charge in [0, 0.05) is 23.0 Å². The van der Waals surface area contributed by atoms with E-state index in [2.05, 4.69) is 15.8 Å². The van der Waals surface area contributed by atoms with Crippen LogP contribution in [0.15, 0.2) is 47.6 Å². The lowest BCUT2D eigenvalue weighted by atomic mass is 10.2. The third-order valence-electron chi connectivity index (χ3n) is 3.75. The summed E-state index contributed by atoms with van der Waals surface area (Å²) in [5, 5.41) is 6.73. The zero-order chi connectivity index (χ0) is 20.5. The molecule has 0 saturated carbocycles. The van der Waals surface area contributed by atoms with Crippen LogP contribution >= 0.6 is 0 Å². The van der Waals surface area contributed by atoms with Gasteiger partial charge in [0.15, 0.2) is 0 Å². The molecule has 28 heavy (non-hydrogen) atoms. The van der Waals surface area contributed by atoms with Gasteiger partial charge in [-0.15, -0.1) is 0 Å². The van der Waals surface area contributed by atoms with Gasteiger partial charge in [-0.1, -0.05) is 0 Å². The zero-order valence-electron chi connectivity index (χ0n) is 16.2. The average molecular weight is 385 g/mol. The molecule has 2 rings (SSSR count). The normalized spacial score (nSPS) is 10.8. The Balaban J connectivity index is 1.93. The van der Waals surface area contributed by atoms with Crippen LogP contribution in [0.25, 0.3) is 0 Å². The maximum absolute atomic E-state index is 12.3. The van der Waals surface area contributed by atoms with Crippen molar-refractivity contribution in [3.8, 4) is 17.2 Å². The Bertz CT molecular complexity index is 840. The van der Waals surface area contributed by atoms with Gasteiger partial charge < -0.3 is 19.5 Å². The van der Waals surface area contributed by atoms with E-state index in [9.17, 15) is 9.59 Å². The first kappa shape index (κ1) is 20.8. The summed E-state index contributed by atoms with van der Waals surface area (Å²) in [6.07, 6.45) is 0.0355. The number of rotatable bonds is 8. The van der Waals surface area contributed by atoms with Crippen molar-refractivity contribution in [1.82, 2.24) is 5.43 Å². The fourth-order valence-corrected chi connectivity index (χ4v) is 2.30. The SMILES string of the molecule is COc1ccc(NC(=O)C/C(C)=N/NC(=O)c2cc(OC)cc(OC)c2)cc1. The van der Waals surface area contributed by atoms with Crippen LogP contribution in [0.3, 0.4) is 0 Å². The number of carbonyl (C=O) groups is 2. The highest BCUT2D eigenvalue weighted by Gasteiger charge is 2.10. The predicted molar refractivity (Wildman–Crippen MR) is 106 cm³/mol. The molecule has 0 heterocycles. The minimum atomic E-state index is -0.438. The molecule has 0 radical (unpaired) electrons. The van der Waals surface area contributed by atoms with Gasteiger partial charge in [0.25, 0.3) is 5.91 Å². The summed E-state index contributed by atoms with van der Waals surface area (Å²) in [6.45, 7) is 1.65. The third-order valence-corrected chi connectivity index (χ3v) is 3.75. The standard InChI is InChI=1S/C20H23N3O5/c1-13(9-19(24)21-15-5-7-16(26-2)8-6-15)22-23-20(25)14-10-17(27-3)12-18(11-14)28-4/h5-8,10-12H,9H2,1-4H3,(H,21,24)(H,23,25)/b22-13+. The Hall–Kier alpha value is -3.55. The first-order chi connectivity index (χ1) is 13.4. The van der Waals surface area contributed by atoms with E-state index in [1.807, 2.05) is 0 Å². The van der Waals surface area contributed by atoms with Crippen molar-refractivity contribution in [3.05, 3.63) is 48.0 Å². The summed E-state index contributed by atoms with van der Waals surface area (Å²) in [5.74, 6) is 0.997. The van der Waals surface area contributed by atoms with Crippen LogP contribution in [-0.2, 0) is 4.79 Å². The lowest BCUT2D eigenvalue weighted by Gasteiger charge is -2.08. The van der Waals surface area contributed by atoms with Gasteiger partial charge in [-0.05, 0) is 43.3 Å². The number of carbonyl (C=O) groups excluding carboxylic acids is 2. The highest BCUT2D eigenvalue weighted by atomic mass is 16.5. The smallest absolute Gasteiger partial charge is 0.271 e. The number of benzene rings is 2. The van der Waals surface area contributed by atoms with Crippen molar-refractivity contribution in [1.29, 1.82) is 0 Å². The number of hydrogen-bond acceptors (Lipinski definition) is 6. The number of ether oxygens (including phenoxy) is 3. The highest BCUT2D eigenvalue weighted by Crippen LogP contribution is 2.22. The molecule has 2 N–H and O–H groups in total. The molecule has 0 bridgehead atoms. The Kier molecular flexibility index (Phi) is 7.38. The molecule has 0 saturated heterocycles. The average Bonchev–Trinajstić information content (AvgIpc) is 2.71. The number of anilines is 1. The molecule has 0 unspecified atom stereocenters. The molecule has 8 nitrogen and oxygen atoms in total. The molecule has 0 spiro atoms. The lowest BCUT2D eigenvalue weighted by molar-refractivity contribution is -0.115. The van der Waals surface area contributed by atoms with Crippen LogP contribution in [-0.4, -0.2) is 38.9 Å². The van der Waals surface area contributed by atoms with E-state index in [0.717, 1.165) is 0 Å². The quantitative estimate of drug-likeness (QED) is 0.538. The topological polar surface area (TPSA) is 98.2 Å². The number of hydrazone groups is 1. The van der Waals surface area contributed by atoms with Crippen LogP contribution in [0.1, 0.15) is 23.7 Å². The van der Waals surface area contributed by atoms with E-state index in [1.165, 1.54) is 14.2 Å². The van der Waals surface area contributed by atoms with Gasteiger partial charge in [0.1, 0.15) is 17.2 Å². The van der Waals surface area contributed by atoms with Crippen molar-refractivity contribution >= 4 is 23.2 Å². The Labute approximate surface area is 163 Å². The number of methoxy groups -OCH3 is 3. The molecule has 2 aromatic carbocycles. The summed E-state index contributed by atoms with van der Waals surface area (Å²) in [4.78, 5) is 24.4. The fourth-order valence-electron chi connectivity index (χ4n) is 2.30. The Morgan fingerprint density at radius 3 is 2.00 bits per heavy atom. The molecule has 0 fully saturated rings. The summed E-state index contributed by atoms with van der Waals surface area (Å²) < 4.78 is 15.4. The maximum atomic E-state index is 12.3. The molecule has 8 heteroatoms. The zero-order valence-corrected chi connectivity index (χ0v) is 16.2. The molecule has 0 aliphatic heterocycles. The van der Waals surface area contributed by atoms with Gasteiger partial charge in [-0.2, -0.15) is 5.10 Å². The molecule has 0 aromatic heterocycles. The predicted octanol–water partition coefficient (Wildman–Crippen LogP) is 2.85. The van der Waals surface area contributed by atoms with Crippen LogP contribution < -0.4 is 25.0 Å². The molecular weight excluding hydrogens is 362 g/mol. The molecule has 148 valence electrons. The number of nitrogens with one attached hydrogen (secondary N) is 2. The van der Waals surface area contributed by atoms with Gasteiger partial charge >= 0.3 is 0 Å². The minimum absolute atomic E-state index is 0.0355. The summed E-state index contributed by atoms with van der Waals surface area (Å²) in [5.41, 5.74) is 3.85. The molecular formula is C20H23N3O5. The maximum Gasteiger partial charge on any atom is 0.271 e. The minimum Gasteiger partial charge on any atom is -0.497 e. The highest BCUT2D eigenvalue weighted by molar-refractivity contribution is 6.06. The monoisotopic (exact) mass is 385 g/mol. The van der Waals surface area contributed by atoms with E-state index in [1.54, 1.807) is 56.5 Å². The number of amides is 2. The second-order valence-electron chi connectivity index (χ2n) is 5.84. The molecule has 2 aromatic rings. The second kappa shape index (κ2) is 9.96. The first-order valence-electron chi connectivity index (χ1n) is 8.45. The van der Waals surface area contributed by atoms with Crippen molar-refractivity contribution in [2.24, 2.45) is 5.10 Å². The van der Waals surface area contributed by atoms with Gasteiger partial charge in [0.2, 0.25) is 5.91 Å². The van der Waals surface area contributed by atoms with E-state index in [4.69, 9.17) is 14.2 Å². The molecule has 0 atom stereocenters. The van der Waals surface area contributed by atoms with E-state index < -0.39 is 5.91 Å². The van der Waals surface area contributed by atoms with E-state index in [0.29, 0.717) is 34.2 Å². The molecule has 2 amide bonds. The van der Waals surface area contributed by atoms with Crippen molar-refractivity contribution in [2.45, 2.75) is 13.3 Å². The van der Waals surface area contributed by atoms with E-state index >= 15 is 0 Å². The fraction of sp³-hybridized carbons (Fsp3) is 0.250.